The molecule has 1 aliphatic heterocycles. The summed E-state index contributed by atoms with van der Waals surface area (Å²) in [5.41, 5.74) is 4.08. The second-order valence-electron chi connectivity index (χ2n) is 8.75. The maximum absolute atomic E-state index is 12.4. The van der Waals surface area contributed by atoms with Crippen LogP contribution in [0.5, 0.6) is 5.75 Å². The fourth-order valence-electron chi connectivity index (χ4n) is 5.02. The number of nitrogens with zero attached hydrogens (tertiary/aromatic N) is 3. The number of carbonyl (C=O) groups excluding carboxylic acids is 1. The molecule has 8 heteroatoms. The molecule has 1 aromatic heterocycles. The zero-order valence-electron chi connectivity index (χ0n) is 18.9. The summed E-state index contributed by atoms with van der Waals surface area (Å²) in [6.45, 7) is 4.35. The Kier molecular flexibility index (Phi) is 5.88. The van der Waals surface area contributed by atoms with E-state index in [2.05, 4.69) is 11.2 Å². The first-order chi connectivity index (χ1) is 16.0. The van der Waals surface area contributed by atoms with Gasteiger partial charge < -0.3 is 19.3 Å². The molecule has 2 aromatic carbocycles. The van der Waals surface area contributed by atoms with Gasteiger partial charge in [0.05, 0.1) is 18.8 Å². The monoisotopic (exact) mass is 465 g/mol. The molecule has 172 valence electrons. The number of ether oxygens (including phenoxy) is 1. The summed E-state index contributed by atoms with van der Waals surface area (Å²) in [7, 11) is 0. The predicted octanol–water partition coefficient (Wildman–Crippen LogP) is 4.35. The highest BCUT2D eigenvalue weighted by Crippen LogP contribution is 2.49. The molecule has 3 aromatic rings. The predicted molar refractivity (Wildman–Crippen MR) is 126 cm³/mol. The number of amides is 1. The summed E-state index contributed by atoms with van der Waals surface area (Å²) in [6, 6.07) is 12.0. The molecule has 2 atom stereocenters. The van der Waals surface area contributed by atoms with Crippen LogP contribution in [-0.2, 0) is 11.2 Å². The van der Waals surface area contributed by atoms with E-state index in [1.807, 2.05) is 55.3 Å². The number of hydrogen-bond acceptors (Lipinski definition) is 7. The molecule has 0 saturated carbocycles. The number of carbonyl (C=O) groups is 1. The number of aliphatic hydroxyl groups excluding tert-OH is 1. The van der Waals surface area contributed by atoms with E-state index in [1.54, 1.807) is 11.8 Å². The van der Waals surface area contributed by atoms with Gasteiger partial charge in [0.25, 0.3) is 5.89 Å². The molecule has 2 unspecified atom stereocenters. The second kappa shape index (κ2) is 8.83. The van der Waals surface area contributed by atoms with E-state index in [1.165, 1.54) is 5.56 Å². The van der Waals surface area contributed by atoms with Crippen molar-refractivity contribution in [3.8, 4) is 28.6 Å². The average Bonchev–Trinajstić information content (AvgIpc) is 3.49. The maximum atomic E-state index is 12.4. The normalized spacial score (nSPS) is 19.3. The van der Waals surface area contributed by atoms with Crippen LogP contribution in [0.15, 0.2) is 45.8 Å². The number of β-amino-alcohol motifs (C(OH)–C–C–N with tert-alkyl or cyclic N) is 1. The summed E-state index contributed by atoms with van der Waals surface area (Å²) in [4.78, 5) is 19.9. The van der Waals surface area contributed by atoms with Gasteiger partial charge in [-0.2, -0.15) is 4.98 Å². The molecular weight excluding hydrogens is 438 g/mol. The van der Waals surface area contributed by atoms with Crippen LogP contribution in [0.2, 0.25) is 0 Å². The van der Waals surface area contributed by atoms with Crippen molar-refractivity contribution < 1.29 is 19.2 Å². The Morgan fingerprint density at radius 3 is 2.88 bits per heavy atom. The van der Waals surface area contributed by atoms with Crippen LogP contribution in [0.3, 0.4) is 0 Å². The van der Waals surface area contributed by atoms with Gasteiger partial charge in [0.2, 0.25) is 11.7 Å². The van der Waals surface area contributed by atoms with Crippen LogP contribution in [0.25, 0.3) is 22.8 Å². The number of aliphatic hydroxyl groups is 1. The lowest BCUT2D eigenvalue weighted by atomic mass is 10.0. The maximum Gasteiger partial charge on any atom is 0.258 e. The van der Waals surface area contributed by atoms with E-state index >= 15 is 0 Å². The highest BCUT2D eigenvalue weighted by Gasteiger charge is 2.46. The molecular formula is C25H27N3O4S. The molecule has 1 saturated heterocycles. The number of aromatic nitrogens is 2. The van der Waals surface area contributed by atoms with Gasteiger partial charge in [0.15, 0.2) is 0 Å². The van der Waals surface area contributed by atoms with Crippen LogP contribution < -0.4 is 4.74 Å². The number of fused-ring (bicyclic) bond motifs is 3. The third-order valence-corrected chi connectivity index (χ3v) is 7.08. The SMILES string of the molecule is CSc1cc(-c2nc(-c3cccc4c3CC3CC(=O)N(CCO)C43)no2)ccc1OC(C)C. The Hall–Kier alpha value is -2.84. The van der Waals surface area contributed by atoms with Gasteiger partial charge in [0, 0.05) is 29.0 Å². The lowest BCUT2D eigenvalue weighted by molar-refractivity contribution is -0.129. The minimum atomic E-state index is -0.0305. The number of hydrogen-bond donors (Lipinski definition) is 1. The Morgan fingerprint density at radius 2 is 2.12 bits per heavy atom. The molecule has 33 heavy (non-hydrogen) atoms. The minimum Gasteiger partial charge on any atom is -0.490 e. The summed E-state index contributed by atoms with van der Waals surface area (Å²) in [5, 5.41) is 13.7. The zero-order chi connectivity index (χ0) is 23.1. The molecule has 5 rings (SSSR count). The summed E-state index contributed by atoms with van der Waals surface area (Å²) in [5.74, 6) is 2.20. The third kappa shape index (κ3) is 3.91. The van der Waals surface area contributed by atoms with Crippen molar-refractivity contribution in [1.29, 1.82) is 0 Å². The van der Waals surface area contributed by atoms with E-state index in [4.69, 9.17) is 14.2 Å². The lowest BCUT2D eigenvalue weighted by Gasteiger charge is -2.24. The Labute approximate surface area is 197 Å². The first-order valence-electron chi connectivity index (χ1n) is 11.2. The standard InChI is InChI=1S/C25H27N3O4S/c1-14(2)31-20-8-7-15(12-21(20)33-3)25-26-24(27-32-25)18-6-4-5-17-19(18)11-16-13-22(30)28(9-10-29)23(16)17/h4-8,12,14,16,23,29H,9-11,13H2,1-3H3. The molecule has 1 fully saturated rings. The smallest absolute Gasteiger partial charge is 0.258 e. The molecule has 7 nitrogen and oxygen atoms in total. The molecule has 1 aliphatic carbocycles. The van der Waals surface area contributed by atoms with Gasteiger partial charge in [-0.15, -0.1) is 11.8 Å². The summed E-state index contributed by atoms with van der Waals surface area (Å²) >= 11 is 1.61. The van der Waals surface area contributed by atoms with Crippen LogP contribution in [-0.4, -0.2) is 51.6 Å². The highest BCUT2D eigenvalue weighted by molar-refractivity contribution is 7.98. The molecule has 0 bridgehead atoms. The highest BCUT2D eigenvalue weighted by atomic mass is 32.2. The average molecular weight is 466 g/mol. The van der Waals surface area contributed by atoms with Crippen molar-refractivity contribution in [2.45, 2.75) is 43.7 Å². The van der Waals surface area contributed by atoms with Crippen LogP contribution in [0, 0.1) is 5.92 Å². The van der Waals surface area contributed by atoms with E-state index in [0.717, 1.165) is 33.8 Å². The lowest BCUT2D eigenvalue weighted by Crippen LogP contribution is -2.30. The fourth-order valence-corrected chi connectivity index (χ4v) is 5.59. The molecule has 2 heterocycles. The topological polar surface area (TPSA) is 88.7 Å². The molecule has 0 spiro atoms. The Bertz CT molecular complexity index is 1190. The van der Waals surface area contributed by atoms with Gasteiger partial charge in [0.1, 0.15) is 5.75 Å². The van der Waals surface area contributed by atoms with Gasteiger partial charge in [-0.05, 0) is 61.8 Å². The minimum absolute atomic E-state index is 0.0172. The van der Waals surface area contributed by atoms with Crippen molar-refractivity contribution in [3.05, 3.63) is 47.5 Å². The van der Waals surface area contributed by atoms with E-state index in [-0.39, 0.29) is 30.6 Å². The summed E-state index contributed by atoms with van der Waals surface area (Å²) < 4.78 is 11.5. The number of benzene rings is 2. The number of rotatable bonds is 7. The van der Waals surface area contributed by atoms with Crippen molar-refractivity contribution in [3.63, 3.8) is 0 Å². The Balaban J connectivity index is 1.47. The molecule has 2 aliphatic rings. The van der Waals surface area contributed by atoms with Crippen LogP contribution in [0.4, 0.5) is 0 Å². The summed E-state index contributed by atoms with van der Waals surface area (Å²) in [6.07, 6.45) is 3.42. The van der Waals surface area contributed by atoms with Gasteiger partial charge in [-0.25, -0.2) is 0 Å². The van der Waals surface area contributed by atoms with E-state index in [9.17, 15) is 9.90 Å². The molecule has 1 N–H and O–H groups in total. The zero-order valence-corrected chi connectivity index (χ0v) is 19.8. The van der Waals surface area contributed by atoms with Crippen molar-refractivity contribution in [2.24, 2.45) is 5.92 Å². The fraction of sp³-hybridized carbons (Fsp3) is 0.400. The Morgan fingerprint density at radius 1 is 1.27 bits per heavy atom. The molecule has 1 amide bonds. The van der Waals surface area contributed by atoms with E-state index < -0.39 is 0 Å². The first-order valence-corrected chi connectivity index (χ1v) is 12.4. The van der Waals surface area contributed by atoms with E-state index in [0.29, 0.717) is 24.7 Å². The number of likely N-dealkylation sites (tertiary alicyclic amines) is 1. The van der Waals surface area contributed by atoms with Gasteiger partial charge in [-0.1, -0.05) is 23.4 Å². The van der Waals surface area contributed by atoms with Crippen LogP contribution >= 0.6 is 11.8 Å². The van der Waals surface area contributed by atoms with Crippen molar-refractivity contribution in [2.75, 3.05) is 19.4 Å². The third-order valence-electron chi connectivity index (χ3n) is 6.32. The second-order valence-corrected chi connectivity index (χ2v) is 9.60. The number of thioether (sulfide) groups is 1. The quantitative estimate of drug-likeness (QED) is 0.519. The van der Waals surface area contributed by atoms with Crippen molar-refractivity contribution >= 4 is 17.7 Å². The van der Waals surface area contributed by atoms with Gasteiger partial charge in [-0.3, -0.25) is 4.79 Å². The van der Waals surface area contributed by atoms with Gasteiger partial charge >= 0.3 is 0 Å². The largest absolute Gasteiger partial charge is 0.490 e. The van der Waals surface area contributed by atoms with Crippen LogP contribution in [0.1, 0.15) is 37.4 Å². The molecule has 0 radical (unpaired) electrons. The first kappa shape index (κ1) is 22.0. The van der Waals surface area contributed by atoms with Crippen molar-refractivity contribution in [1.82, 2.24) is 15.0 Å².